The smallest absolute Gasteiger partial charge is 0.257 e. The Bertz CT molecular complexity index is 1220. The molecule has 0 unspecified atom stereocenters. The second kappa shape index (κ2) is 9.63. The predicted octanol–water partition coefficient (Wildman–Crippen LogP) is 3.50. The molecule has 3 aromatic rings. The molecule has 1 aliphatic rings. The average Bonchev–Trinajstić information content (AvgIpc) is 3.20. The number of halogens is 1. The Morgan fingerprint density at radius 2 is 1.88 bits per heavy atom. The molecule has 1 aromatic heterocycles. The fraction of sp³-hybridized carbons (Fsp3) is 0.238. The maximum Gasteiger partial charge on any atom is 0.257 e. The van der Waals surface area contributed by atoms with Crippen LogP contribution in [-0.2, 0) is 21.8 Å². The number of hydrogen-bond donors (Lipinski definition) is 1. The van der Waals surface area contributed by atoms with Crippen molar-refractivity contribution < 1.29 is 17.9 Å². The standard InChI is InChI=1S/C21H21ClN4O4S2/c1-25-9-8-23-21(25)31-16-4-2-15(3-5-16)24-20(27)18-14-17(6-7-19(18)22)32(28,29)26-10-12-30-13-11-26/h2-9,14H,10-13H2,1H3,(H,24,27). The first-order valence-electron chi connectivity index (χ1n) is 9.78. The summed E-state index contributed by atoms with van der Waals surface area (Å²) in [5.74, 6) is -0.487. The number of ether oxygens (including phenoxy) is 1. The zero-order valence-electron chi connectivity index (χ0n) is 17.2. The number of aromatic nitrogens is 2. The highest BCUT2D eigenvalue weighted by molar-refractivity contribution is 7.99. The quantitative estimate of drug-likeness (QED) is 0.566. The fourth-order valence-corrected chi connectivity index (χ4v) is 5.57. The zero-order valence-corrected chi connectivity index (χ0v) is 19.6. The highest BCUT2D eigenvalue weighted by Crippen LogP contribution is 2.28. The van der Waals surface area contributed by atoms with E-state index >= 15 is 0 Å². The largest absolute Gasteiger partial charge is 0.379 e. The SMILES string of the molecule is Cn1ccnc1Sc1ccc(NC(=O)c2cc(S(=O)(=O)N3CCOCC3)ccc2Cl)cc1. The summed E-state index contributed by atoms with van der Waals surface area (Å²) in [6.45, 7) is 1.23. The number of anilines is 1. The lowest BCUT2D eigenvalue weighted by molar-refractivity contribution is 0.0730. The molecule has 0 bridgehead atoms. The lowest BCUT2D eigenvalue weighted by atomic mass is 10.2. The van der Waals surface area contributed by atoms with Gasteiger partial charge in [0.1, 0.15) is 0 Å². The highest BCUT2D eigenvalue weighted by atomic mass is 35.5. The number of nitrogens with one attached hydrogen (secondary N) is 1. The summed E-state index contributed by atoms with van der Waals surface area (Å²) < 4.78 is 34.3. The van der Waals surface area contributed by atoms with Gasteiger partial charge in [0, 0.05) is 43.1 Å². The van der Waals surface area contributed by atoms with E-state index in [-0.39, 0.29) is 28.6 Å². The Morgan fingerprint density at radius 3 is 2.53 bits per heavy atom. The number of benzene rings is 2. The molecule has 1 fully saturated rings. The highest BCUT2D eigenvalue weighted by Gasteiger charge is 2.27. The number of imidazole rings is 1. The number of sulfonamides is 1. The van der Waals surface area contributed by atoms with Crippen molar-refractivity contribution >= 4 is 45.0 Å². The van der Waals surface area contributed by atoms with Gasteiger partial charge in [-0.15, -0.1) is 0 Å². The first-order valence-corrected chi connectivity index (χ1v) is 12.4. The van der Waals surface area contributed by atoms with E-state index in [0.29, 0.717) is 18.9 Å². The molecule has 168 valence electrons. The molecule has 1 amide bonds. The minimum absolute atomic E-state index is 0.0239. The summed E-state index contributed by atoms with van der Waals surface area (Å²) in [7, 11) is -1.82. The van der Waals surface area contributed by atoms with Crippen LogP contribution in [-0.4, -0.2) is 54.5 Å². The number of aryl methyl sites for hydroxylation is 1. The molecular weight excluding hydrogens is 472 g/mol. The van der Waals surface area contributed by atoms with Crippen LogP contribution in [0.15, 0.2) is 69.8 Å². The molecule has 32 heavy (non-hydrogen) atoms. The molecule has 0 saturated carbocycles. The molecule has 2 aromatic carbocycles. The average molecular weight is 493 g/mol. The third kappa shape index (κ3) is 5.00. The van der Waals surface area contributed by atoms with Gasteiger partial charge in [0.15, 0.2) is 5.16 Å². The number of amides is 1. The van der Waals surface area contributed by atoms with Gasteiger partial charge in [0.25, 0.3) is 5.91 Å². The summed E-state index contributed by atoms with van der Waals surface area (Å²) in [5.41, 5.74) is 0.657. The molecule has 1 aliphatic heterocycles. The van der Waals surface area contributed by atoms with Crippen molar-refractivity contribution in [3.63, 3.8) is 0 Å². The fourth-order valence-electron chi connectivity index (χ4n) is 3.14. The molecular formula is C21H21ClN4O4S2. The van der Waals surface area contributed by atoms with Crippen LogP contribution in [0.1, 0.15) is 10.4 Å². The summed E-state index contributed by atoms with van der Waals surface area (Å²) in [6, 6.07) is 11.4. The Kier molecular flexibility index (Phi) is 6.87. The number of morpholine rings is 1. The van der Waals surface area contributed by atoms with Crippen LogP contribution in [0.25, 0.3) is 0 Å². The maximum absolute atomic E-state index is 12.9. The Balaban J connectivity index is 1.49. The van der Waals surface area contributed by atoms with E-state index in [4.69, 9.17) is 16.3 Å². The first-order chi connectivity index (χ1) is 15.3. The van der Waals surface area contributed by atoms with Crippen molar-refractivity contribution in [1.29, 1.82) is 0 Å². The first kappa shape index (κ1) is 22.8. The van der Waals surface area contributed by atoms with E-state index in [1.54, 1.807) is 18.3 Å². The molecule has 0 radical (unpaired) electrons. The minimum Gasteiger partial charge on any atom is -0.379 e. The third-order valence-corrected chi connectivity index (χ3v) is 8.20. The van der Waals surface area contributed by atoms with E-state index in [2.05, 4.69) is 10.3 Å². The van der Waals surface area contributed by atoms with E-state index in [1.165, 1.54) is 34.3 Å². The molecule has 11 heteroatoms. The normalized spacial score (nSPS) is 14.9. The minimum atomic E-state index is -3.74. The van der Waals surface area contributed by atoms with Gasteiger partial charge in [-0.25, -0.2) is 13.4 Å². The van der Waals surface area contributed by atoms with Crippen LogP contribution in [0, 0.1) is 0 Å². The summed E-state index contributed by atoms with van der Waals surface area (Å²) in [5, 5.41) is 3.80. The number of carbonyl (C=O) groups excluding carboxylic acids is 1. The van der Waals surface area contributed by atoms with Crippen molar-refractivity contribution in [2.75, 3.05) is 31.6 Å². The van der Waals surface area contributed by atoms with Gasteiger partial charge < -0.3 is 14.6 Å². The molecule has 0 spiro atoms. The van der Waals surface area contributed by atoms with Crippen LogP contribution in [0.3, 0.4) is 0 Å². The Hall–Kier alpha value is -2.37. The van der Waals surface area contributed by atoms with Gasteiger partial charge in [0.2, 0.25) is 10.0 Å². The van der Waals surface area contributed by atoms with Crippen molar-refractivity contribution in [3.8, 4) is 0 Å². The van der Waals surface area contributed by atoms with Crippen molar-refractivity contribution in [2.24, 2.45) is 7.05 Å². The summed E-state index contributed by atoms with van der Waals surface area (Å²) in [4.78, 5) is 18.1. The number of nitrogens with zero attached hydrogens (tertiary/aromatic N) is 3. The third-order valence-electron chi connectivity index (χ3n) is 4.89. The molecule has 0 atom stereocenters. The molecule has 2 heterocycles. The second-order valence-electron chi connectivity index (χ2n) is 7.06. The number of hydrogen-bond acceptors (Lipinski definition) is 6. The van der Waals surface area contributed by atoms with Gasteiger partial charge in [-0.1, -0.05) is 23.4 Å². The second-order valence-corrected chi connectivity index (χ2v) is 10.4. The Labute approximate surface area is 195 Å². The predicted molar refractivity (Wildman–Crippen MR) is 123 cm³/mol. The van der Waals surface area contributed by atoms with E-state index in [9.17, 15) is 13.2 Å². The van der Waals surface area contributed by atoms with Crippen LogP contribution in [0.4, 0.5) is 5.69 Å². The molecule has 4 rings (SSSR count). The lowest BCUT2D eigenvalue weighted by Gasteiger charge is -2.26. The number of rotatable bonds is 6. The van der Waals surface area contributed by atoms with Crippen molar-refractivity contribution in [3.05, 3.63) is 65.4 Å². The molecule has 0 aliphatic carbocycles. The van der Waals surface area contributed by atoms with Gasteiger partial charge in [-0.2, -0.15) is 4.31 Å². The van der Waals surface area contributed by atoms with Crippen molar-refractivity contribution in [2.45, 2.75) is 14.9 Å². The van der Waals surface area contributed by atoms with Crippen molar-refractivity contribution in [1.82, 2.24) is 13.9 Å². The summed E-state index contributed by atoms with van der Waals surface area (Å²) >= 11 is 7.71. The number of carbonyl (C=O) groups is 1. The summed E-state index contributed by atoms with van der Waals surface area (Å²) in [6.07, 6.45) is 3.60. The maximum atomic E-state index is 12.9. The van der Waals surface area contributed by atoms with Gasteiger partial charge in [-0.3, -0.25) is 4.79 Å². The lowest BCUT2D eigenvalue weighted by Crippen LogP contribution is -2.40. The topological polar surface area (TPSA) is 93.5 Å². The monoisotopic (exact) mass is 492 g/mol. The van der Waals surface area contributed by atoms with Crippen LogP contribution < -0.4 is 5.32 Å². The van der Waals surface area contributed by atoms with E-state index in [1.807, 2.05) is 29.9 Å². The molecule has 8 nitrogen and oxygen atoms in total. The van der Waals surface area contributed by atoms with Crippen LogP contribution in [0.2, 0.25) is 5.02 Å². The van der Waals surface area contributed by atoms with Crippen LogP contribution in [0.5, 0.6) is 0 Å². The van der Waals surface area contributed by atoms with E-state index < -0.39 is 15.9 Å². The molecule has 1 N–H and O–H groups in total. The Morgan fingerprint density at radius 1 is 1.16 bits per heavy atom. The van der Waals surface area contributed by atoms with E-state index in [0.717, 1.165) is 10.1 Å². The zero-order chi connectivity index (χ0) is 22.7. The van der Waals surface area contributed by atoms with Crippen LogP contribution >= 0.6 is 23.4 Å². The van der Waals surface area contributed by atoms with Gasteiger partial charge >= 0.3 is 0 Å². The van der Waals surface area contributed by atoms with Gasteiger partial charge in [0.05, 0.1) is 28.7 Å². The molecule has 1 saturated heterocycles. The van der Waals surface area contributed by atoms with Gasteiger partial charge in [-0.05, 0) is 42.5 Å².